The van der Waals surface area contributed by atoms with E-state index in [9.17, 15) is 67.5 Å². The third kappa shape index (κ3) is 15.1. The predicted molar refractivity (Wildman–Crippen MR) is 178 cm³/mol. The third-order valence-corrected chi connectivity index (χ3v) is 12.2. The van der Waals surface area contributed by atoms with E-state index in [2.05, 4.69) is 27.0 Å². The molecule has 0 spiro atoms. The third-order valence-electron chi connectivity index (χ3n) is 6.25. The summed E-state index contributed by atoms with van der Waals surface area (Å²) in [4.78, 5) is 79.6. The van der Waals surface area contributed by atoms with E-state index in [1.807, 2.05) is 4.98 Å². The number of phosphoric ester groups is 2. The number of nitrogen functional groups attached to an aromatic ring is 1. The average Bonchev–Trinajstić information content (AvgIpc) is 3.42. The zero-order valence-electron chi connectivity index (χ0n) is 23.5. The first-order valence-electron chi connectivity index (χ1n) is 12.8. The van der Waals surface area contributed by atoms with E-state index in [0.29, 0.717) is 4.57 Å². The number of ether oxygens (including phenoxy) is 2. The van der Waals surface area contributed by atoms with Crippen molar-refractivity contribution >= 4 is 155 Å². The number of hydrogen-bond donors (Lipinski definition) is 9. The summed E-state index contributed by atoms with van der Waals surface area (Å²) in [6.45, 7) is -2.20. The fraction of sp³-hybridized carbons (Fsp3) is 0.556. The molecule has 278 valence electrons. The Kier molecular flexibility index (Phi) is 22.4. The molecule has 0 radical (unpaired) electrons. The molecule has 2 aromatic heterocycles. The molecule has 52 heavy (non-hydrogen) atoms. The molecule has 0 aromatic carbocycles. The Bertz CT molecular complexity index is 1890. The number of H-pyrrole nitrogens is 1. The van der Waals surface area contributed by atoms with Crippen molar-refractivity contribution in [2.24, 2.45) is 0 Å². The van der Waals surface area contributed by atoms with Gasteiger partial charge in [0.2, 0.25) is 0 Å². The number of rotatable bonds is 14. The van der Waals surface area contributed by atoms with Gasteiger partial charge in [0.05, 0.1) is 19.3 Å². The molecule has 26 nitrogen and oxygen atoms in total. The van der Waals surface area contributed by atoms with E-state index in [4.69, 9.17) is 15.2 Å². The van der Waals surface area contributed by atoms with Gasteiger partial charge in [0, 0.05) is 24.9 Å². The molecule has 4 heterocycles. The van der Waals surface area contributed by atoms with Crippen LogP contribution >= 0.6 is 31.3 Å². The fourth-order valence-corrected chi connectivity index (χ4v) is 9.16. The molecule has 34 heteroatoms. The first kappa shape index (κ1) is 53.7. The molecule has 0 aliphatic carbocycles. The van der Waals surface area contributed by atoms with E-state index in [1.165, 1.54) is 12.3 Å². The van der Waals surface area contributed by atoms with Crippen molar-refractivity contribution in [3.05, 3.63) is 55.8 Å². The zero-order valence-corrected chi connectivity index (χ0v) is 27.1. The number of aliphatic hydroxyl groups excluding tert-OH is 3. The second kappa shape index (κ2) is 21.6. The predicted octanol–water partition coefficient (Wildman–Crippen LogP) is -5.47. The van der Waals surface area contributed by atoms with Crippen LogP contribution < -0.4 is 22.7 Å². The molecule has 11 atom stereocenters. The van der Waals surface area contributed by atoms with Crippen LogP contribution in [0.25, 0.3) is 0 Å². The number of phosphoric acid groups is 4. The Morgan fingerprint density at radius 1 is 0.769 bits per heavy atom. The number of anilines is 1. The summed E-state index contributed by atoms with van der Waals surface area (Å²) in [5.74, 6) is -0.103. The molecule has 2 aliphatic rings. The number of nitrogens with two attached hydrogens (primary N) is 1. The van der Waals surface area contributed by atoms with Crippen LogP contribution in [-0.4, -0.2) is 216 Å². The Labute approximate surface area is 378 Å². The molecule has 4 rings (SSSR count). The summed E-state index contributed by atoms with van der Waals surface area (Å²) < 4.78 is 81.2. The van der Waals surface area contributed by atoms with Crippen LogP contribution in [0, 0.1) is 0 Å². The monoisotopic (exact) mass is 869 g/mol. The van der Waals surface area contributed by atoms with Gasteiger partial charge in [-0.25, -0.2) is 27.8 Å². The van der Waals surface area contributed by atoms with Crippen molar-refractivity contribution in [1.82, 2.24) is 19.1 Å². The molecule has 10 N–H and O–H groups in total. The molecular formula is C18H31N5Na4O21P4. The Morgan fingerprint density at radius 2 is 1.27 bits per heavy atom. The van der Waals surface area contributed by atoms with Gasteiger partial charge in [-0.05, 0) is 6.07 Å². The summed E-state index contributed by atoms with van der Waals surface area (Å²) in [6.07, 6.45) is -9.25. The van der Waals surface area contributed by atoms with E-state index in [-0.39, 0.29) is 130 Å². The molecule has 0 amide bonds. The van der Waals surface area contributed by atoms with Crippen LogP contribution in [0.5, 0.6) is 0 Å². The molecule has 0 saturated carbocycles. The standard InChI is InChI=1S/C18H27N5O21P4.4Na.4H/c19-11-1-3-22(17(28)20-11)13-5-8(24)9(40-13)6-38-45(30,31)42-47(34,35)44-48(36,37)43-46(32,33)39-7-10-14(26)15(27)16(41-10)23-4-2-12(25)21-18(23)29;;;;;;;;/h1-4,8-10,13-16,24,26-27H,5-7H2,(H,30,31)(H,32,33)(H,34,35)(H,36,37)(H2,19,20,28)(H,21,25,29);;;;;;;;/t8-,9?,10+,13+,14+,15+,16+;;;;;;;;/m0......../s1. The Balaban J connectivity index is 0.00000650. The SMILES string of the molecule is Nc1ccn([C@H]2C[C@H](O)C(COP(=O)(O)OP(=O)(O)OP(=O)(O)OP(=O)(O)OC[C@H]3O[C@@H](n4ccc(=O)[nH]c4=O)[C@H](O)[C@@H]3O)O2)c(=O)n1.[NaH].[NaH].[NaH].[NaH]. The van der Waals surface area contributed by atoms with Crippen LogP contribution in [0.4, 0.5) is 5.82 Å². The average molecular weight is 869 g/mol. The van der Waals surface area contributed by atoms with E-state index >= 15 is 0 Å². The number of aliphatic hydroxyl groups is 3. The number of aromatic nitrogens is 4. The number of nitrogens with zero attached hydrogens (tertiary/aromatic N) is 3. The zero-order chi connectivity index (χ0) is 35.8. The number of hydrogen-bond acceptors (Lipinski definition) is 19. The van der Waals surface area contributed by atoms with Gasteiger partial charge in [-0.2, -0.15) is 17.9 Å². The van der Waals surface area contributed by atoms with Crippen LogP contribution in [-0.2, 0) is 49.7 Å². The quantitative estimate of drug-likeness (QED) is 0.0632. The molecule has 2 fully saturated rings. The summed E-state index contributed by atoms with van der Waals surface area (Å²) >= 11 is 0. The second-order valence-electron chi connectivity index (χ2n) is 9.75. The molecule has 2 aliphatic heterocycles. The van der Waals surface area contributed by atoms with Gasteiger partial charge in [0.15, 0.2) is 6.23 Å². The summed E-state index contributed by atoms with van der Waals surface area (Å²) in [6, 6.07) is 2.13. The van der Waals surface area contributed by atoms with Crippen molar-refractivity contribution in [2.45, 2.75) is 49.4 Å². The van der Waals surface area contributed by atoms with Crippen molar-refractivity contribution in [3.8, 4) is 0 Å². The Morgan fingerprint density at radius 3 is 1.79 bits per heavy atom. The van der Waals surface area contributed by atoms with E-state index in [1.54, 1.807) is 0 Å². The van der Waals surface area contributed by atoms with Crippen LogP contribution in [0.15, 0.2) is 38.9 Å². The van der Waals surface area contributed by atoms with Crippen molar-refractivity contribution < 1.29 is 84.6 Å². The number of aromatic amines is 1. The van der Waals surface area contributed by atoms with Crippen molar-refractivity contribution in [3.63, 3.8) is 0 Å². The minimum atomic E-state index is -6.19. The van der Waals surface area contributed by atoms with Gasteiger partial charge < -0.3 is 50.1 Å². The van der Waals surface area contributed by atoms with Crippen LogP contribution in [0.2, 0.25) is 0 Å². The van der Waals surface area contributed by atoms with Gasteiger partial charge >= 0.3 is 161 Å². The normalized spacial score (nSPS) is 28.6. The van der Waals surface area contributed by atoms with Gasteiger partial charge in [-0.15, -0.1) is 0 Å². The van der Waals surface area contributed by atoms with E-state index < -0.39 is 104 Å². The first-order valence-corrected chi connectivity index (χ1v) is 18.8. The number of nitrogens with one attached hydrogen (secondary N) is 1. The summed E-state index contributed by atoms with van der Waals surface area (Å²) in [5.41, 5.74) is 2.68. The van der Waals surface area contributed by atoms with Crippen molar-refractivity contribution in [2.75, 3.05) is 18.9 Å². The van der Waals surface area contributed by atoms with Gasteiger partial charge in [-0.1, -0.05) is 0 Å². The molecular weight excluding hydrogens is 838 g/mol. The van der Waals surface area contributed by atoms with Gasteiger partial charge in [0.25, 0.3) is 5.56 Å². The van der Waals surface area contributed by atoms with Crippen LogP contribution in [0.1, 0.15) is 18.9 Å². The van der Waals surface area contributed by atoms with E-state index in [0.717, 1.165) is 16.8 Å². The topological polar surface area (TPSA) is 390 Å². The van der Waals surface area contributed by atoms with Gasteiger partial charge in [-0.3, -0.25) is 28.0 Å². The summed E-state index contributed by atoms with van der Waals surface area (Å²) in [7, 11) is -23.8. The van der Waals surface area contributed by atoms with Gasteiger partial charge in [0.1, 0.15) is 36.5 Å². The summed E-state index contributed by atoms with van der Waals surface area (Å²) in [5, 5.41) is 30.5. The second-order valence-corrected chi connectivity index (χ2v) is 16.0. The maximum absolute atomic E-state index is 12.2. The maximum atomic E-state index is 12.2. The minimum absolute atomic E-state index is 0. The molecule has 5 unspecified atom stereocenters. The fourth-order valence-electron chi connectivity index (χ4n) is 4.21. The molecule has 0 bridgehead atoms. The van der Waals surface area contributed by atoms with Crippen molar-refractivity contribution in [1.29, 1.82) is 0 Å². The Hall–Kier alpha value is 1.72. The molecule has 2 aromatic rings. The molecule has 2 saturated heterocycles. The first-order chi connectivity index (χ1) is 22.1. The van der Waals surface area contributed by atoms with Crippen LogP contribution in [0.3, 0.4) is 0 Å².